The van der Waals surface area contributed by atoms with Gasteiger partial charge in [-0.3, -0.25) is 9.59 Å². The first-order chi connectivity index (χ1) is 10.0. The van der Waals surface area contributed by atoms with Crippen LogP contribution in [0.2, 0.25) is 0 Å². The Morgan fingerprint density at radius 1 is 1.32 bits per heavy atom. The molecule has 1 aromatic carbocycles. The zero-order valence-corrected chi connectivity index (χ0v) is 13.9. The molecule has 0 saturated carbocycles. The molecule has 1 fully saturated rings. The predicted molar refractivity (Wildman–Crippen MR) is 91.6 cm³/mol. The Balaban J connectivity index is 0.00000242. The molecule has 1 unspecified atom stereocenters. The Labute approximate surface area is 137 Å². The number of aryl methyl sites for hydroxylation is 1. The molecule has 5 nitrogen and oxygen atoms in total. The molecular formula is C16H24ClN3O2. The van der Waals surface area contributed by atoms with Gasteiger partial charge in [-0.05, 0) is 56.5 Å². The van der Waals surface area contributed by atoms with Crippen LogP contribution in [0.3, 0.4) is 0 Å². The maximum absolute atomic E-state index is 12.0. The quantitative estimate of drug-likeness (QED) is 0.779. The Morgan fingerprint density at radius 2 is 2.09 bits per heavy atom. The van der Waals surface area contributed by atoms with E-state index in [4.69, 9.17) is 0 Å². The summed E-state index contributed by atoms with van der Waals surface area (Å²) >= 11 is 0. The second-order valence-corrected chi connectivity index (χ2v) is 5.66. The molecule has 0 radical (unpaired) electrons. The van der Waals surface area contributed by atoms with Crippen molar-refractivity contribution in [1.29, 1.82) is 0 Å². The number of hydrogen-bond acceptors (Lipinski definition) is 3. The molecule has 1 aliphatic rings. The van der Waals surface area contributed by atoms with Crippen molar-refractivity contribution in [1.82, 2.24) is 5.32 Å². The minimum Gasteiger partial charge on any atom is -0.326 e. The molecule has 1 saturated heterocycles. The van der Waals surface area contributed by atoms with Crippen LogP contribution in [0.4, 0.5) is 11.4 Å². The lowest BCUT2D eigenvalue weighted by Crippen LogP contribution is -2.15. The van der Waals surface area contributed by atoms with Gasteiger partial charge in [0.25, 0.3) is 0 Å². The van der Waals surface area contributed by atoms with Gasteiger partial charge in [-0.15, -0.1) is 12.4 Å². The summed E-state index contributed by atoms with van der Waals surface area (Å²) in [5.74, 6) is 0.526. The highest BCUT2D eigenvalue weighted by atomic mass is 35.5. The van der Waals surface area contributed by atoms with Crippen LogP contribution >= 0.6 is 12.4 Å². The number of rotatable bonds is 5. The summed E-state index contributed by atoms with van der Waals surface area (Å²) in [5.41, 5.74) is 2.43. The van der Waals surface area contributed by atoms with E-state index < -0.39 is 0 Å². The lowest BCUT2D eigenvalue weighted by atomic mass is 10.0. The van der Waals surface area contributed by atoms with Crippen molar-refractivity contribution in [2.45, 2.75) is 33.1 Å². The molecule has 2 rings (SSSR count). The smallest absolute Gasteiger partial charge is 0.224 e. The van der Waals surface area contributed by atoms with E-state index in [0.717, 1.165) is 42.9 Å². The van der Waals surface area contributed by atoms with E-state index in [1.165, 1.54) is 6.92 Å². The fourth-order valence-corrected chi connectivity index (χ4v) is 2.54. The second kappa shape index (κ2) is 8.76. The average Bonchev–Trinajstić information content (AvgIpc) is 2.93. The first-order valence-corrected chi connectivity index (χ1v) is 7.43. The highest BCUT2D eigenvalue weighted by Gasteiger charge is 2.15. The largest absolute Gasteiger partial charge is 0.326 e. The lowest BCUT2D eigenvalue weighted by molar-refractivity contribution is -0.116. The van der Waals surface area contributed by atoms with Crippen LogP contribution in [0.1, 0.15) is 31.7 Å². The number of carbonyl (C=O) groups excluding carboxylic acids is 2. The van der Waals surface area contributed by atoms with Gasteiger partial charge in [0.05, 0.1) is 0 Å². The van der Waals surface area contributed by atoms with Crippen LogP contribution < -0.4 is 16.0 Å². The molecule has 0 aliphatic carbocycles. The van der Waals surface area contributed by atoms with Crippen molar-refractivity contribution in [3.05, 3.63) is 23.8 Å². The molecule has 22 heavy (non-hydrogen) atoms. The van der Waals surface area contributed by atoms with Gasteiger partial charge in [0, 0.05) is 24.7 Å². The minimum atomic E-state index is -0.115. The zero-order valence-electron chi connectivity index (χ0n) is 13.1. The molecule has 0 bridgehead atoms. The van der Waals surface area contributed by atoms with Crippen molar-refractivity contribution in [3.63, 3.8) is 0 Å². The number of halogens is 1. The monoisotopic (exact) mass is 325 g/mol. The van der Waals surface area contributed by atoms with E-state index in [1.807, 2.05) is 19.1 Å². The van der Waals surface area contributed by atoms with Crippen molar-refractivity contribution in [2.75, 3.05) is 23.7 Å². The van der Waals surface area contributed by atoms with Gasteiger partial charge in [0.2, 0.25) is 11.8 Å². The first kappa shape index (κ1) is 18.5. The molecule has 0 spiro atoms. The Kier molecular flexibility index (Phi) is 7.35. The number of carbonyl (C=O) groups is 2. The highest BCUT2D eigenvalue weighted by molar-refractivity contribution is 5.93. The van der Waals surface area contributed by atoms with Crippen LogP contribution in [-0.4, -0.2) is 24.9 Å². The molecule has 1 aliphatic heterocycles. The normalized spacial score (nSPS) is 16.7. The van der Waals surface area contributed by atoms with Crippen LogP contribution in [0.15, 0.2) is 18.2 Å². The molecule has 6 heteroatoms. The third-order valence-corrected chi connectivity index (χ3v) is 3.77. The summed E-state index contributed by atoms with van der Waals surface area (Å²) in [6, 6.07) is 5.54. The predicted octanol–water partition coefficient (Wildman–Crippen LogP) is 2.70. The van der Waals surface area contributed by atoms with Gasteiger partial charge in [-0.1, -0.05) is 6.07 Å². The zero-order chi connectivity index (χ0) is 15.2. The molecule has 3 N–H and O–H groups in total. The summed E-state index contributed by atoms with van der Waals surface area (Å²) in [5, 5.41) is 8.97. The molecule has 1 aromatic rings. The Hall–Kier alpha value is -1.59. The molecule has 0 aromatic heterocycles. The van der Waals surface area contributed by atoms with Gasteiger partial charge in [-0.2, -0.15) is 0 Å². The van der Waals surface area contributed by atoms with Crippen molar-refractivity contribution < 1.29 is 9.59 Å². The molecule has 1 heterocycles. The van der Waals surface area contributed by atoms with Crippen molar-refractivity contribution in [2.24, 2.45) is 5.92 Å². The first-order valence-electron chi connectivity index (χ1n) is 7.43. The maximum atomic E-state index is 12.0. The SMILES string of the molecule is CC(=O)Nc1cc(NC(=O)CCC2CCNC2)ccc1C.Cl. The summed E-state index contributed by atoms with van der Waals surface area (Å²) in [6.07, 6.45) is 2.61. The second-order valence-electron chi connectivity index (χ2n) is 5.66. The number of amides is 2. The maximum Gasteiger partial charge on any atom is 0.224 e. The van der Waals surface area contributed by atoms with E-state index in [-0.39, 0.29) is 24.2 Å². The van der Waals surface area contributed by atoms with E-state index in [0.29, 0.717) is 12.3 Å². The summed E-state index contributed by atoms with van der Waals surface area (Å²) in [4.78, 5) is 23.1. The van der Waals surface area contributed by atoms with Crippen LogP contribution in [0, 0.1) is 12.8 Å². The van der Waals surface area contributed by atoms with Crippen LogP contribution in [0.5, 0.6) is 0 Å². The number of hydrogen-bond donors (Lipinski definition) is 3. The fourth-order valence-electron chi connectivity index (χ4n) is 2.54. The van der Waals surface area contributed by atoms with Crippen molar-refractivity contribution >= 4 is 35.6 Å². The van der Waals surface area contributed by atoms with Gasteiger partial charge < -0.3 is 16.0 Å². The van der Waals surface area contributed by atoms with Gasteiger partial charge in [-0.25, -0.2) is 0 Å². The van der Waals surface area contributed by atoms with E-state index in [1.54, 1.807) is 6.07 Å². The molecule has 122 valence electrons. The highest BCUT2D eigenvalue weighted by Crippen LogP contribution is 2.21. The molecular weight excluding hydrogens is 302 g/mol. The van der Waals surface area contributed by atoms with E-state index in [9.17, 15) is 9.59 Å². The Bertz CT molecular complexity index is 528. The van der Waals surface area contributed by atoms with Crippen LogP contribution in [0.25, 0.3) is 0 Å². The van der Waals surface area contributed by atoms with Crippen molar-refractivity contribution in [3.8, 4) is 0 Å². The molecule has 1 atom stereocenters. The number of benzene rings is 1. The minimum absolute atomic E-state index is 0. The van der Waals surface area contributed by atoms with Crippen LogP contribution in [-0.2, 0) is 9.59 Å². The molecule has 2 amide bonds. The number of nitrogens with one attached hydrogen (secondary N) is 3. The average molecular weight is 326 g/mol. The third-order valence-electron chi connectivity index (χ3n) is 3.77. The summed E-state index contributed by atoms with van der Waals surface area (Å²) in [6.45, 7) is 5.47. The van der Waals surface area contributed by atoms with Gasteiger partial charge >= 0.3 is 0 Å². The standard InChI is InChI=1S/C16H23N3O2.ClH/c1-11-3-5-14(9-15(11)18-12(2)20)19-16(21)6-4-13-7-8-17-10-13;/h3,5,9,13,17H,4,6-8,10H2,1-2H3,(H,18,20)(H,19,21);1H. The third kappa shape index (κ3) is 5.66. The summed E-state index contributed by atoms with van der Waals surface area (Å²) in [7, 11) is 0. The topological polar surface area (TPSA) is 70.2 Å². The van der Waals surface area contributed by atoms with Gasteiger partial charge in [0.1, 0.15) is 0 Å². The van der Waals surface area contributed by atoms with E-state index >= 15 is 0 Å². The lowest BCUT2D eigenvalue weighted by Gasteiger charge is -2.11. The fraction of sp³-hybridized carbons (Fsp3) is 0.500. The number of anilines is 2. The van der Waals surface area contributed by atoms with E-state index in [2.05, 4.69) is 16.0 Å². The summed E-state index contributed by atoms with van der Waals surface area (Å²) < 4.78 is 0. The van der Waals surface area contributed by atoms with Gasteiger partial charge in [0.15, 0.2) is 0 Å². The Morgan fingerprint density at radius 3 is 2.73 bits per heavy atom.